The van der Waals surface area contributed by atoms with E-state index in [1.807, 2.05) is 0 Å². The van der Waals surface area contributed by atoms with E-state index >= 15 is 0 Å². The number of carbonyl (C=O) groups is 2. The van der Waals surface area contributed by atoms with Crippen LogP contribution in [0.5, 0.6) is 0 Å². The van der Waals surface area contributed by atoms with Crippen LogP contribution in [0.4, 0.5) is 0 Å². The van der Waals surface area contributed by atoms with Crippen LogP contribution in [-0.2, 0) is 11.3 Å². The van der Waals surface area contributed by atoms with Crippen molar-refractivity contribution in [3.05, 3.63) is 35.4 Å². The Labute approximate surface area is 107 Å². The normalized spacial score (nSPS) is 10.1. The van der Waals surface area contributed by atoms with E-state index in [-0.39, 0.29) is 11.5 Å². The molecule has 0 bridgehead atoms. The van der Waals surface area contributed by atoms with Crippen molar-refractivity contribution in [2.24, 2.45) is 0 Å². The molecule has 1 aromatic carbocycles. The van der Waals surface area contributed by atoms with Gasteiger partial charge in [-0.3, -0.25) is 4.79 Å². The highest BCUT2D eigenvalue weighted by Crippen LogP contribution is 2.05. The lowest BCUT2D eigenvalue weighted by molar-refractivity contribution is -0.121. The Morgan fingerprint density at radius 3 is 2.72 bits per heavy atom. The van der Waals surface area contributed by atoms with E-state index in [2.05, 4.69) is 12.2 Å². The molecule has 4 heteroatoms. The van der Waals surface area contributed by atoms with Gasteiger partial charge in [0.25, 0.3) is 0 Å². The highest BCUT2D eigenvalue weighted by Gasteiger charge is 2.04. The number of nitrogens with one attached hydrogen (secondary N) is 1. The van der Waals surface area contributed by atoms with Crippen LogP contribution >= 0.6 is 0 Å². The largest absolute Gasteiger partial charge is 0.478 e. The Bertz CT molecular complexity index is 415. The predicted molar refractivity (Wildman–Crippen MR) is 69.4 cm³/mol. The molecule has 18 heavy (non-hydrogen) atoms. The highest BCUT2D eigenvalue weighted by molar-refractivity contribution is 5.87. The summed E-state index contributed by atoms with van der Waals surface area (Å²) < 4.78 is 0. The topological polar surface area (TPSA) is 66.4 Å². The Balaban J connectivity index is 2.41. The number of carboxylic acid groups (broad SMARTS) is 1. The Hall–Kier alpha value is -1.84. The third-order valence-corrected chi connectivity index (χ3v) is 2.67. The van der Waals surface area contributed by atoms with Gasteiger partial charge in [-0.25, -0.2) is 4.79 Å². The van der Waals surface area contributed by atoms with E-state index < -0.39 is 5.97 Å². The number of hydrogen-bond acceptors (Lipinski definition) is 2. The summed E-state index contributed by atoms with van der Waals surface area (Å²) in [4.78, 5) is 22.3. The summed E-state index contributed by atoms with van der Waals surface area (Å²) in [5.74, 6) is -0.935. The standard InChI is InChI=1S/C14H19NO3/c1-2-3-4-8-13(16)15-10-11-6-5-7-12(9-11)14(17)18/h5-7,9H,2-4,8,10H2,1H3,(H,15,16)(H,17,18). The van der Waals surface area contributed by atoms with Gasteiger partial charge in [0.15, 0.2) is 0 Å². The zero-order chi connectivity index (χ0) is 13.4. The number of aromatic carboxylic acids is 1. The fourth-order valence-electron chi connectivity index (χ4n) is 1.64. The van der Waals surface area contributed by atoms with Gasteiger partial charge in [0.2, 0.25) is 5.91 Å². The molecule has 1 aromatic rings. The molecule has 0 atom stereocenters. The van der Waals surface area contributed by atoms with Crippen molar-refractivity contribution in [2.45, 2.75) is 39.2 Å². The number of amides is 1. The first kappa shape index (κ1) is 14.2. The average molecular weight is 249 g/mol. The van der Waals surface area contributed by atoms with Crippen molar-refractivity contribution in [3.8, 4) is 0 Å². The molecule has 0 heterocycles. The molecular formula is C14H19NO3. The van der Waals surface area contributed by atoms with E-state index in [4.69, 9.17) is 5.11 Å². The third kappa shape index (κ3) is 4.99. The van der Waals surface area contributed by atoms with Crippen molar-refractivity contribution in [1.29, 1.82) is 0 Å². The molecule has 0 unspecified atom stereocenters. The molecule has 2 N–H and O–H groups in total. The van der Waals surface area contributed by atoms with Gasteiger partial charge < -0.3 is 10.4 Å². The molecular weight excluding hydrogens is 230 g/mol. The first-order valence-electron chi connectivity index (χ1n) is 6.22. The van der Waals surface area contributed by atoms with Crippen LogP contribution in [0.25, 0.3) is 0 Å². The number of carbonyl (C=O) groups excluding carboxylic acids is 1. The van der Waals surface area contributed by atoms with Crippen LogP contribution in [0.1, 0.15) is 48.5 Å². The van der Waals surface area contributed by atoms with Gasteiger partial charge in [-0.1, -0.05) is 31.9 Å². The van der Waals surface area contributed by atoms with Crippen LogP contribution < -0.4 is 5.32 Å². The molecule has 0 radical (unpaired) electrons. The van der Waals surface area contributed by atoms with E-state index in [1.165, 1.54) is 6.07 Å². The van der Waals surface area contributed by atoms with Crippen molar-refractivity contribution < 1.29 is 14.7 Å². The number of unbranched alkanes of at least 4 members (excludes halogenated alkanes) is 2. The Kier molecular flexibility index (Phi) is 5.91. The summed E-state index contributed by atoms with van der Waals surface area (Å²) in [6.07, 6.45) is 3.58. The van der Waals surface area contributed by atoms with Crippen molar-refractivity contribution >= 4 is 11.9 Å². The van der Waals surface area contributed by atoms with E-state index in [1.54, 1.807) is 18.2 Å². The van der Waals surface area contributed by atoms with Crippen molar-refractivity contribution in [2.75, 3.05) is 0 Å². The fourth-order valence-corrected chi connectivity index (χ4v) is 1.64. The second kappa shape index (κ2) is 7.48. The van der Waals surface area contributed by atoms with Crippen LogP contribution in [0.3, 0.4) is 0 Å². The zero-order valence-corrected chi connectivity index (χ0v) is 10.6. The van der Waals surface area contributed by atoms with Gasteiger partial charge in [-0.05, 0) is 24.1 Å². The maximum atomic E-state index is 11.5. The predicted octanol–water partition coefficient (Wildman–Crippen LogP) is 2.58. The summed E-state index contributed by atoms with van der Waals surface area (Å²) in [6.45, 7) is 2.47. The molecule has 0 saturated carbocycles. The fraction of sp³-hybridized carbons (Fsp3) is 0.429. The van der Waals surface area contributed by atoms with Crippen LogP contribution in [-0.4, -0.2) is 17.0 Å². The quantitative estimate of drug-likeness (QED) is 0.730. The molecule has 0 aromatic heterocycles. The first-order chi connectivity index (χ1) is 8.63. The van der Waals surface area contributed by atoms with Gasteiger partial charge in [0, 0.05) is 13.0 Å². The second-order valence-corrected chi connectivity index (χ2v) is 4.24. The number of hydrogen-bond donors (Lipinski definition) is 2. The van der Waals surface area contributed by atoms with E-state index in [0.29, 0.717) is 13.0 Å². The number of carboxylic acids is 1. The minimum atomic E-state index is -0.953. The molecule has 98 valence electrons. The van der Waals surface area contributed by atoms with Crippen molar-refractivity contribution in [3.63, 3.8) is 0 Å². The number of rotatable bonds is 7. The molecule has 1 rings (SSSR count). The smallest absolute Gasteiger partial charge is 0.335 e. The molecule has 0 saturated heterocycles. The molecule has 0 spiro atoms. The Morgan fingerprint density at radius 1 is 1.28 bits per heavy atom. The lowest BCUT2D eigenvalue weighted by Crippen LogP contribution is -2.22. The summed E-state index contributed by atoms with van der Waals surface area (Å²) >= 11 is 0. The maximum absolute atomic E-state index is 11.5. The van der Waals surface area contributed by atoms with Gasteiger partial charge in [-0.2, -0.15) is 0 Å². The van der Waals surface area contributed by atoms with Gasteiger partial charge in [-0.15, -0.1) is 0 Å². The lowest BCUT2D eigenvalue weighted by atomic mass is 10.1. The molecule has 1 amide bonds. The number of benzene rings is 1. The average Bonchev–Trinajstić information content (AvgIpc) is 2.37. The minimum Gasteiger partial charge on any atom is -0.478 e. The maximum Gasteiger partial charge on any atom is 0.335 e. The molecule has 0 fully saturated rings. The summed E-state index contributed by atoms with van der Waals surface area (Å²) in [5.41, 5.74) is 1.05. The molecule has 4 nitrogen and oxygen atoms in total. The first-order valence-corrected chi connectivity index (χ1v) is 6.22. The van der Waals surface area contributed by atoms with E-state index in [9.17, 15) is 9.59 Å². The Morgan fingerprint density at radius 2 is 2.06 bits per heavy atom. The molecule has 0 aliphatic rings. The van der Waals surface area contributed by atoms with Crippen LogP contribution in [0.2, 0.25) is 0 Å². The van der Waals surface area contributed by atoms with Crippen LogP contribution in [0.15, 0.2) is 24.3 Å². The highest BCUT2D eigenvalue weighted by atomic mass is 16.4. The monoisotopic (exact) mass is 249 g/mol. The van der Waals surface area contributed by atoms with Gasteiger partial charge in [0.05, 0.1) is 5.56 Å². The van der Waals surface area contributed by atoms with Crippen molar-refractivity contribution in [1.82, 2.24) is 5.32 Å². The summed E-state index contributed by atoms with van der Waals surface area (Å²) in [6, 6.07) is 6.60. The third-order valence-electron chi connectivity index (χ3n) is 2.67. The van der Waals surface area contributed by atoms with E-state index in [0.717, 1.165) is 24.8 Å². The molecule has 0 aliphatic heterocycles. The van der Waals surface area contributed by atoms with Gasteiger partial charge in [0.1, 0.15) is 0 Å². The summed E-state index contributed by atoms with van der Waals surface area (Å²) in [7, 11) is 0. The van der Waals surface area contributed by atoms with Gasteiger partial charge >= 0.3 is 5.97 Å². The summed E-state index contributed by atoms with van der Waals surface area (Å²) in [5, 5.41) is 11.6. The zero-order valence-electron chi connectivity index (χ0n) is 10.6. The second-order valence-electron chi connectivity index (χ2n) is 4.24. The lowest BCUT2D eigenvalue weighted by Gasteiger charge is -2.05. The molecule has 0 aliphatic carbocycles. The van der Waals surface area contributed by atoms with Crippen LogP contribution in [0, 0.1) is 0 Å². The minimum absolute atomic E-state index is 0.0178. The SMILES string of the molecule is CCCCCC(=O)NCc1cccc(C(=O)O)c1.